The second-order valence-corrected chi connectivity index (χ2v) is 10.4. The third kappa shape index (κ3) is 5.39. The summed E-state index contributed by atoms with van der Waals surface area (Å²) >= 11 is 0. The quantitative estimate of drug-likeness (QED) is 0.208. The van der Waals surface area contributed by atoms with Crippen molar-refractivity contribution in [3.8, 4) is 11.4 Å². The van der Waals surface area contributed by atoms with E-state index in [1.54, 1.807) is 20.5 Å². The maximum absolute atomic E-state index is 13.2. The molecule has 0 aliphatic carbocycles. The molecule has 10 heteroatoms. The first-order valence-corrected chi connectivity index (χ1v) is 13.0. The largest absolute Gasteiger partial charge is 0.495 e. The van der Waals surface area contributed by atoms with Crippen LogP contribution in [0.4, 0.5) is 22.0 Å². The molecule has 3 N–H and O–H groups in total. The van der Waals surface area contributed by atoms with Crippen molar-refractivity contribution in [2.24, 2.45) is 0 Å². The maximum Gasteiger partial charge on any atom is 0.323 e. The Hall–Kier alpha value is -4.70. The van der Waals surface area contributed by atoms with Crippen molar-refractivity contribution < 1.29 is 14.3 Å². The molecule has 0 fully saturated rings. The van der Waals surface area contributed by atoms with Crippen LogP contribution in [0.25, 0.3) is 27.6 Å². The minimum Gasteiger partial charge on any atom is -0.495 e. The van der Waals surface area contributed by atoms with Gasteiger partial charge < -0.3 is 25.4 Å². The van der Waals surface area contributed by atoms with E-state index in [0.29, 0.717) is 47.3 Å². The number of methoxy groups -OCH3 is 2. The van der Waals surface area contributed by atoms with Crippen LogP contribution in [0.2, 0.25) is 0 Å². The molecular formula is C30H33N7O3. The fraction of sp³-hybridized carbons (Fsp3) is 0.267. The highest BCUT2D eigenvalue weighted by Gasteiger charge is 2.18. The fourth-order valence-corrected chi connectivity index (χ4v) is 4.56. The van der Waals surface area contributed by atoms with E-state index in [1.807, 2.05) is 59.2 Å². The molecule has 5 aromatic rings. The third-order valence-corrected chi connectivity index (χ3v) is 6.65. The Kier molecular flexibility index (Phi) is 7.52. The van der Waals surface area contributed by atoms with Gasteiger partial charge in [-0.1, -0.05) is 51.1 Å². The van der Waals surface area contributed by atoms with E-state index in [2.05, 4.69) is 51.7 Å². The number of rotatable bonds is 8. The molecule has 0 saturated heterocycles. The smallest absolute Gasteiger partial charge is 0.323 e. The van der Waals surface area contributed by atoms with Crippen molar-refractivity contribution in [1.82, 2.24) is 19.5 Å². The lowest BCUT2D eigenvalue weighted by atomic mass is 9.87. The van der Waals surface area contributed by atoms with Crippen LogP contribution in [-0.4, -0.2) is 52.9 Å². The first kappa shape index (κ1) is 26.9. The number of nitrogens with zero attached hydrogens (tertiary/aromatic N) is 4. The molecule has 206 valence electrons. The average molecular weight is 540 g/mol. The van der Waals surface area contributed by atoms with E-state index in [4.69, 9.17) is 9.47 Å². The van der Waals surface area contributed by atoms with Gasteiger partial charge in [-0.2, -0.15) is 0 Å². The SMILES string of the molecule is COCCNc1ncnc2c1ncn2-c1ccc(NC(=O)Nc2cc(C(C)(C)C)ccc2OC)c2ccccc12. The highest BCUT2D eigenvalue weighted by atomic mass is 16.5. The Labute approximate surface area is 232 Å². The zero-order valence-corrected chi connectivity index (χ0v) is 23.3. The minimum atomic E-state index is -0.366. The molecule has 5 rings (SSSR count). The van der Waals surface area contributed by atoms with Crippen LogP contribution in [0.15, 0.2) is 67.3 Å². The van der Waals surface area contributed by atoms with Crippen molar-refractivity contribution >= 4 is 45.2 Å². The summed E-state index contributed by atoms with van der Waals surface area (Å²) in [5, 5.41) is 11.0. The van der Waals surface area contributed by atoms with Gasteiger partial charge in [0.15, 0.2) is 17.0 Å². The topological polar surface area (TPSA) is 115 Å². The normalized spacial score (nSPS) is 11.5. The number of fused-ring (bicyclic) bond motifs is 2. The fourth-order valence-electron chi connectivity index (χ4n) is 4.56. The number of carbonyl (C=O) groups excluding carboxylic acids is 1. The van der Waals surface area contributed by atoms with Gasteiger partial charge in [0, 0.05) is 24.4 Å². The van der Waals surface area contributed by atoms with E-state index < -0.39 is 0 Å². The van der Waals surface area contributed by atoms with E-state index in [1.165, 1.54) is 6.33 Å². The third-order valence-electron chi connectivity index (χ3n) is 6.65. The van der Waals surface area contributed by atoms with Crippen LogP contribution in [0.1, 0.15) is 26.3 Å². The number of hydrogen-bond acceptors (Lipinski definition) is 7. The van der Waals surface area contributed by atoms with Gasteiger partial charge in [0.1, 0.15) is 18.4 Å². The summed E-state index contributed by atoms with van der Waals surface area (Å²) in [6.45, 7) is 7.53. The number of aromatic nitrogens is 4. The second kappa shape index (κ2) is 11.2. The molecule has 0 aliphatic heterocycles. The summed E-state index contributed by atoms with van der Waals surface area (Å²) in [6, 6.07) is 17.2. The van der Waals surface area contributed by atoms with Gasteiger partial charge in [0.05, 0.1) is 30.8 Å². The zero-order chi connectivity index (χ0) is 28.3. The number of imidazole rings is 1. The van der Waals surface area contributed by atoms with E-state index in [9.17, 15) is 4.79 Å². The maximum atomic E-state index is 13.2. The molecule has 10 nitrogen and oxygen atoms in total. The number of carbonyl (C=O) groups is 1. The van der Waals surface area contributed by atoms with Gasteiger partial charge in [0.25, 0.3) is 0 Å². The predicted molar refractivity (Wildman–Crippen MR) is 159 cm³/mol. The van der Waals surface area contributed by atoms with Crippen LogP contribution >= 0.6 is 0 Å². The summed E-state index contributed by atoms with van der Waals surface area (Å²) in [5.41, 5.74) is 4.50. The van der Waals surface area contributed by atoms with Gasteiger partial charge in [-0.15, -0.1) is 0 Å². The molecule has 2 heterocycles. The molecule has 3 aromatic carbocycles. The lowest BCUT2D eigenvalue weighted by Crippen LogP contribution is -2.21. The molecule has 0 bridgehead atoms. The van der Waals surface area contributed by atoms with Crippen molar-refractivity contribution in [3.63, 3.8) is 0 Å². The molecule has 2 amide bonds. The Morgan fingerprint density at radius 2 is 1.70 bits per heavy atom. The highest BCUT2D eigenvalue weighted by molar-refractivity contribution is 6.08. The van der Waals surface area contributed by atoms with Gasteiger partial charge >= 0.3 is 6.03 Å². The van der Waals surface area contributed by atoms with Gasteiger partial charge in [-0.25, -0.2) is 19.7 Å². The number of anilines is 3. The predicted octanol–water partition coefficient (Wildman–Crippen LogP) is 5.98. The first-order valence-electron chi connectivity index (χ1n) is 13.0. The zero-order valence-electron chi connectivity index (χ0n) is 23.3. The number of nitrogens with one attached hydrogen (secondary N) is 3. The molecule has 0 spiro atoms. The molecule has 0 saturated carbocycles. The van der Waals surface area contributed by atoms with Gasteiger partial charge in [-0.05, 0) is 35.2 Å². The lowest BCUT2D eigenvalue weighted by Gasteiger charge is -2.21. The van der Waals surface area contributed by atoms with Crippen LogP contribution in [-0.2, 0) is 10.2 Å². The molecule has 0 aliphatic rings. The van der Waals surface area contributed by atoms with Crippen LogP contribution in [0.5, 0.6) is 5.75 Å². The minimum absolute atomic E-state index is 0.0750. The standard InChI is InChI=1S/C30H33N7O3/c1-30(2,3)19-10-13-25(40-5)23(16-19)36-29(38)35-22-11-12-24(21-9-7-6-8-20(21)22)37-18-34-26-27(31-14-15-39-4)32-17-33-28(26)37/h6-13,16-18H,14-15H2,1-5H3,(H,31,32,33)(H2,35,36,38). The monoisotopic (exact) mass is 539 g/mol. The number of amides is 2. The molecular weight excluding hydrogens is 506 g/mol. The number of ether oxygens (including phenoxy) is 2. The van der Waals surface area contributed by atoms with Crippen LogP contribution in [0.3, 0.4) is 0 Å². The Bertz CT molecular complexity index is 1670. The highest BCUT2D eigenvalue weighted by Crippen LogP contribution is 2.33. The molecule has 0 unspecified atom stereocenters. The molecule has 40 heavy (non-hydrogen) atoms. The summed E-state index contributed by atoms with van der Waals surface area (Å²) in [5.74, 6) is 1.24. The molecule has 0 atom stereocenters. The molecule has 2 aromatic heterocycles. The van der Waals surface area contributed by atoms with Crippen molar-refractivity contribution in [1.29, 1.82) is 0 Å². The van der Waals surface area contributed by atoms with E-state index in [0.717, 1.165) is 22.0 Å². The summed E-state index contributed by atoms with van der Waals surface area (Å²) in [4.78, 5) is 26.6. The van der Waals surface area contributed by atoms with Crippen molar-refractivity contribution in [2.45, 2.75) is 26.2 Å². The first-order chi connectivity index (χ1) is 19.3. The Morgan fingerprint density at radius 3 is 2.45 bits per heavy atom. The lowest BCUT2D eigenvalue weighted by molar-refractivity contribution is 0.210. The summed E-state index contributed by atoms with van der Waals surface area (Å²) < 4.78 is 12.5. The summed E-state index contributed by atoms with van der Waals surface area (Å²) in [6.07, 6.45) is 3.25. The van der Waals surface area contributed by atoms with Crippen LogP contribution < -0.4 is 20.7 Å². The number of benzene rings is 3. The van der Waals surface area contributed by atoms with Gasteiger partial charge in [0.2, 0.25) is 0 Å². The van der Waals surface area contributed by atoms with Crippen molar-refractivity contribution in [3.05, 3.63) is 72.8 Å². The van der Waals surface area contributed by atoms with E-state index >= 15 is 0 Å². The Balaban J connectivity index is 1.46. The number of urea groups is 1. The second-order valence-electron chi connectivity index (χ2n) is 10.4. The van der Waals surface area contributed by atoms with Crippen molar-refractivity contribution in [2.75, 3.05) is 43.3 Å². The van der Waals surface area contributed by atoms with Crippen LogP contribution in [0, 0.1) is 0 Å². The van der Waals surface area contributed by atoms with E-state index in [-0.39, 0.29) is 11.4 Å². The molecule has 0 radical (unpaired) electrons. The average Bonchev–Trinajstić information content (AvgIpc) is 3.37. The Morgan fingerprint density at radius 1 is 0.925 bits per heavy atom. The summed E-state index contributed by atoms with van der Waals surface area (Å²) in [7, 11) is 3.24. The van der Waals surface area contributed by atoms with Gasteiger partial charge in [-0.3, -0.25) is 4.57 Å². The number of hydrogen-bond donors (Lipinski definition) is 3.